The Morgan fingerprint density at radius 3 is 2.71 bits per heavy atom. The van der Waals surface area contributed by atoms with E-state index in [2.05, 4.69) is 6.07 Å². The third-order valence-electron chi connectivity index (χ3n) is 2.60. The molecule has 3 heteroatoms. The van der Waals surface area contributed by atoms with Crippen molar-refractivity contribution in [3.63, 3.8) is 0 Å². The van der Waals surface area contributed by atoms with Crippen molar-refractivity contribution in [2.75, 3.05) is 6.54 Å². The molecule has 1 aromatic rings. The maximum absolute atomic E-state index is 11.9. The van der Waals surface area contributed by atoms with Gasteiger partial charge in [0.05, 0.1) is 0 Å². The number of benzene rings is 1. The minimum absolute atomic E-state index is 0.271. The number of nitrogens with zero attached hydrogens (tertiary/aromatic N) is 1. The molecule has 0 spiro atoms. The minimum Gasteiger partial charge on any atom is -0.406 e. The van der Waals surface area contributed by atoms with Crippen molar-refractivity contribution in [2.24, 2.45) is 0 Å². The van der Waals surface area contributed by atoms with Gasteiger partial charge in [0.25, 0.3) is 0 Å². The van der Waals surface area contributed by atoms with Gasteiger partial charge in [-0.3, -0.25) is 0 Å². The standard InChI is InChI=1S/C14H18NO2/c1-14(2,3)17-13(16)15-9-8-11-6-4-5-7-12(11)10-15/h4-7,10H,8-9H2,1-3H3/q+1. The summed E-state index contributed by atoms with van der Waals surface area (Å²) in [7, 11) is 0. The highest BCUT2D eigenvalue weighted by atomic mass is 16.6. The van der Waals surface area contributed by atoms with Gasteiger partial charge in [-0.1, -0.05) is 18.2 Å². The molecule has 2 rings (SSSR count). The van der Waals surface area contributed by atoms with Crippen LogP contribution >= 0.6 is 0 Å². The van der Waals surface area contributed by atoms with Gasteiger partial charge >= 0.3 is 6.09 Å². The third kappa shape index (κ3) is 2.93. The number of ether oxygens (including phenoxy) is 1. The monoisotopic (exact) mass is 232 g/mol. The fraction of sp³-hybridized carbons (Fsp3) is 0.429. The predicted molar refractivity (Wildman–Crippen MR) is 66.7 cm³/mol. The molecule has 1 amide bonds. The van der Waals surface area contributed by atoms with Gasteiger partial charge in [-0.2, -0.15) is 4.79 Å². The van der Waals surface area contributed by atoms with Crippen LogP contribution in [0.5, 0.6) is 0 Å². The lowest BCUT2D eigenvalue weighted by Gasteiger charge is -2.18. The molecule has 0 atom stereocenters. The Labute approximate surface area is 102 Å². The van der Waals surface area contributed by atoms with E-state index in [9.17, 15) is 4.79 Å². The largest absolute Gasteiger partial charge is 0.596 e. The van der Waals surface area contributed by atoms with Crippen molar-refractivity contribution in [2.45, 2.75) is 32.8 Å². The average molecular weight is 232 g/mol. The second-order valence-electron chi connectivity index (χ2n) is 5.25. The molecule has 0 aliphatic carbocycles. The molecule has 0 saturated heterocycles. The number of hydrogen-bond acceptors (Lipinski definition) is 2. The van der Waals surface area contributed by atoms with Crippen molar-refractivity contribution >= 4 is 12.3 Å². The quantitative estimate of drug-likeness (QED) is 0.643. The van der Waals surface area contributed by atoms with Crippen LogP contribution in [-0.2, 0) is 11.2 Å². The van der Waals surface area contributed by atoms with Crippen LogP contribution in [0.1, 0.15) is 31.9 Å². The molecule has 90 valence electrons. The predicted octanol–water partition coefficient (Wildman–Crippen LogP) is 2.61. The van der Waals surface area contributed by atoms with E-state index in [0.29, 0.717) is 6.54 Å². The third-order valence-corrected chi connectivity index (χ3v) is 2.60. The van der Waals surface area contributed by atoms with Crippen LogP contribution in [0.15, 0.2) is 24.3 Å². The lowest BCUT2D eigenvalue weighted by atomic mass is 10.0. The van der Waals surface area contributed by atoms with Crippen LogP contribution in [-0.4, -0.2) is 29.0 Å². The van der Waals surface area contributed by atoms with Gasteiger partial charge in [-0.15, -0.1) is 4.58 Å². The van der Waals surface area contributed by atoms with Gasteiger partial charge in [-0.25, -0.2) is 0 Å². The molecule has 0 bridgehead atoms. The maximum atomic E-state index is 11.9. The summed E-state index contributed by atoms with van der Waals surface area (Å²) in [5, 5.41) is 0. The Bertz CT molecular complexity index is 469. The molecule has 0 saturated carbocycles. The van der Waals surface area contributed by atoms with Gasteiger partial charge in [0, 0.05) is 12.0 Å². The van der Waals surface area contributed by atoms with Crippen LogP contribution in [0, 0.1) is 0 Å². The average Bonchev–Trinajstić information content (AvgIpc) is 2.26. The molecule has 1 heterocycles. The Balaban J connectivity index is 2.20. The van der Waals surface area contributed by atoms with E-state index in [1.165, 1.54) is 5.56 Å². The first-order valence-electron chi connectivity index (χ1n) is 5.88. The molecule has 1 aromatic carbocycles. The van der Waals surface area contributed by atoms with Crippen molar-refractivity contribution in [1.29, 1.82) is 0 Å². The van der Waals surface area contributed by atoms with Crippen molar-refractivity contribution in [3.05, 3.63) is 35.4 Å². The lowest BCUT2D eigenvalue weighted by Crippen LogP contribution is -2.34. The van der Waals surface area contributed by atoms with E-state index in [4.69, 9.17) is 4.74 Å². The Morgan fingerprint density at radius 1 is 1.29 bits per heavy atom. The first-order valence-corrected chi connectivity index (χ1v) is 5.88. The number of amides is 1. The SMILES string of the molecule is CC(C)(C)OC(=O)[N+]1=Cc2ccccc2CC1. The van der Waals surface area contributed by atoms with Crippen molar-refractivity contribution in [3.8, 4) is 0 Å². The summed E-state index contributed by atoms with van der Waals surface area (Å²) < 4.78 is 6.99. The highest BCUT2D eigenvalue weighted by Crippen LogP contribution is 2.13. The molecule has 0 radical (unpaired) electrons. The van der Waals surface area contributed by atoms with Crippen LogP contribution in [0.25, 0.3) is 0 Å². The summed E-state index contributed by atoms with van der Waals surface area (Å²) in [6.07, 6.45) is 2.48. The normalized spacial score (nSPS) is 14.9. The maximum Gasteiger partial charge on any atom is 0.596 e. The van der Waals surface area contributed by atoms with Crippen LogP contribution < -0.4 is 0 Å². The first kappa shape index (κ1) is 11.8. The van der Waals surface area contributed by atoms with E-state index in [-0.39, 0.29) is 6.09 Å². The highest BCUT2D eigenvalue weighted by molar-refractivity contribution is 5.82. The molecule has 3 nitrogen and oxygen atoms in total. The fourth-order valence-corrected chi connectivity index (χ4v) is 1.83. The molecule has 1 aliphatic heterocycles. The highest BCUT2D eigenvalue weighted by Gasteiger charge is 2.28. The molecule has 0 unspecified atom stereocenters. The van der Waals surface area contributed by atoms with Crippen molar-refractivity contribution in [1.82, 2.24) is 0 Å². The van der Waals surface area contributed by atoms with E-state index in [0.717, 1.165) is 12.0 Å². The Hall–Kier alpha value is -1.64. The smallest absolute Gasteiger partial charge is 0.406 e. The molecule has 0 aromatic heterocycles. The first-order chi connectivity index (χ1) is 7.96. The number of carbonyl (C=O) groups excluding carboxylic acids is 1. The number of fused-ring (bicyclic) bond motifs is 1. The Kier molecular flexibility index (Phi) is 3.01. The van der Waals surface area contributed by atoms with Gasteiger partial charge < -0.3 is 4.74 Å². The van der Waals surface area contributed by atoms with E-state index < -0.39 is 5.60 Å². The molecule has 0 fully saturated rings. The van der Waals surface area contributed by atoms with Crippen molar-refractivity contribution < 1.29 is 14.1 Å². The number of hydrogen-bond donors (Lipinski definition) is 0. The summed E-state index contributed by atoms with van der Waals surface area (Å²) in [5.41, 5.74) is 1.94. The Morgan fingerprint density at radius 2 is 2.00 bits per heavy atom. The molecule has 0 N–H and O–H groups in total. The number of carbonyl (C=O) groups is 1. The topological polar surface area (TPSA) is 29.3 Å². The second-order valence-corrected chi connectivity index (χ2v) is 5.25. The fourth-order valence-electron chi connectivity index (χ4n) is 1.83. The summed E-state index contributed by atoms with van der Waals surface area (Å²) in [4.78, 5) is 11.9. The molecule has 1 aliphatic rings. The molecular weight excluding hydrogens is 214 g/mol. The summed E-state index contributed by atoms with van der Waals surface area (Å²) in [6.45, 7) is 6.32. The molecule has 17 heavy (non-hydrogen) atoms. The summed E-state index contributed by atoms with van der Waals surface area (Å²) in [5.74, 6) is 0. The zero-order valence-corrected chi connectivity index (χ0v) is 10.6. The van der Waals surface area contributed by atoms with Crippen LogP contribution in [0.3, 0.4) is 0 Å². The zero-order valence-electron chi connectivity index (χ0n) is 10.6. The van der Waals surface area contributed by atoms with Crippen LogP contribution in [0.4, 0.5) is 4.79 Å². The van der Waals surface area contributed by atoms with Gasteiger partial charge in [-0.05, 0) is 32.4 Å². The van der Waals surface area contributed by atoms with E-state index >= 15 is 0 Å². The van der Waals surface area contributed by atoms with E-state index in [1.54, 1.807) is 4.58 Å². The second kappa shape index (κ2) is 4.32. The minimum atomic E-state index is -0.443. The zero-order chi connectivity index (χ0) is 12.5. The van der Waals surface area contributed by atoms with Gasteiger partial charge in [0.2, 0.25) is 0 Å². The lowest BCUT2D eigenvalue weighted by molar-refractivity contribution is -0.447. The number of rotatable bonds is 0. The molecular formula is C14H18NO2+. The van der Waals surface area contributed by atoms with E-state index in [1.807, 2.05) is 45.2 Å². The summed E-state index contributed by atoms with van der Waals surface area (Å²) >= 11 is 0. The van der Waals surface area contributed by atoms with Crippen LogP contribution in [0.2, 0.25) is 0 Å². The summed E-state index contributed by atoms with van der Waals surface area (Å²) in [6, 6.07) is 8.12. The van der Waals surface area contributed by atoms with Gasteiger partial charge in [0.15, 0.2) is 12.8 Å². The van der Waals surface area contributed by atoms with Gasteiger partial charge in [0.1, 0.15) is 5.60 Å².